The van der Waals surface area contributed by atoms with Crippen molar-refractivity contribution in [3.63, 3.8) is 0 Å². The lowest BCUT2D eigenvalue weighted by Gasteiger charge is -2.25. The molecule has 1 amide bonds. The maximum Gasteiger partial charge on any atom is 0.264 e. The highest BCUT2D eigenvalue weighted by molar-refractivity contribution is 7.92. The van der Waals surface area contributed by atoms with Crippen molar-refractivity contribution in [1.29, 1.82) is 0 Å². The molecule has 0 atom stereocenters. The van der Waals surface area contributed by atoms with E-state index in [2.05, 4.69) is 15.5 Å². The van der Waals surface area contributed by atoms with Gasteiger partial charge in [-0.05, 0) is 49.7 Å². The Bertz CT molecular complexity index is 1420. The summed E-state index contributed by atoms with van der Waals surface area (Å²) in [4.78, 5) is 13.0. The van der Waals surface area contributed by atoms with Crippen LogP contribution in [0.15, 0.2) is 77.7 Å². The number of nitrogens with zero attached hydrogens (tertiary/aromatic N) is 3. The van der Waals surface area contributed by atoms with Crippen molar-refractivity contribution in [2.45, 2.75) is 18.7 Å². The molecular weight excluding hydrogens is 492 g/mol. The fourth-order valence-electron chi connectivity index (χ4n) is 3.25. The number of amides is 1. The molecule has 0 aliphatic rings. The van der Waals surface area contributed by atoms with Crippen LogP contribution in [0.5, 0.6) is 0 Å². The summed E-state index contributed by atoms with van der Waals surface area (Å²) >= 11 is 7.12. The monoisotopic (exact) mass is 512 g/mol. The number of rotatable bonds is 7. The largest absolute Gasteiger partial charge is 0.299 e. The molecule has 10 heteroatoms. The van der Waals surface area contributed by atoms with Gasteiger partial charge < -0.3 is 0 Å². The Hall–Kier alpha value is -3.27. The van der Waals surface area contributed by atoms with Crippen LogP contribution in [0.2, 0.25) is 5.02 Å². The highest BCUT2D eigenvalue weighted by Gasteiger charge is 2.28. The molecule has 0 fully saturated rings. The molecule has 0 bridgehead atoms. The number of nitrogens with one attached hydrogen (secondary N) is 1. The molecule has 0 unspecified atom stereocenters. The van der Waals surface area contributed by atoms with Crippen molar-refractivity contribution in [2.24, 2.45) is 0 Å². The van der Waals surface area contributed by atoms with E-state index < -0.39 is 22.5 Å². The molecule has 174 valence electrons. The second-order valence-corrected chi connectivity index (χ2v) is 10.9. The Kier molecular flexibility index (Phi) is 6.97. The van der Waals surface area contributed by atoms with Crippen molar-refractivity contribution in [2.75, 3.05) is 16.2 Å². The van der Waals surface area contributed by atoms with E-state index in [1.54, 1.807) is 49.4 Å². The Morgan fingerprint density at radius 1 is 0.971 bits per heavy atom. The quantitative estimate of drug-likeness (QED) is 0.362. The van der Waals surface area contributed by atoms with Gasteiger partial charge in [0.05, 0.1) is 10.6 Å². The lowest BCUT2D eigenvalue weighted by molar-refractivity contribution is -0.114. The van der Waals surface area contributed by atoms with Crippen molar-refractivity contribution in [3.8, 4) is 10.6 Å². The van der Waals surface area contributed by atoms with E-state index in [1.807, 2.05) is 25.1 Å². The highest BCUT2D eigenvalue weighted by atomic mass is 35.5. The van der Waals surface area contributed by atoms with Gasteiger partial charge in [-0.2, -0.15) is 0 Å². The summed E-state index contributed by atoms with van der Waals surface area (Å²) in [7, 11) is -4.00. The van der Waals surface area contributed by atoms with E-state index in [0.29, 0.717) is 15.7 Å². The number of hydrogen-bond acceptors (Lipinski definition) is 6. The Balaban J connectivity index is 1.59. The van der Waals surface area contributed by atoms with Gasteiger partial charge in [-0.3, -0.25) is 14.4 Å². The predicted molar refractivity (Wildman–Crippen MR) is 136 cm³/mol. The summed E-state index contributed by atoms with van der Waals surface area (Å²) in [5.74, 6) is -0.530. The molecular formula is C24H21ClN4O3S2. The molecule has 0 saturated heterocycles. The third kappa shape index (κ3) is 5.27. The first-order valence-electron chi connectivity index (χ1n) is 10.3. The number of aromatic nitrogens is 2. The van der Waals surface area contributed by atoms with E-state index in [1.165, 1.54) is 23.5 Å². The lowest BCUT2D eigenvalue weighted by Crippen LogP contribution is -2.38. The van der Waals surface area contributed by atoms with Crippen LogP contribution in [-0.2, 0) is 14.8 Å². The first kappa shape index (κ1) is 23.9. The van der Waals surface area contributed by atoms with E-state index in [4.69, 9.17) is 11.6 Å². The summed E-state index contributed by atoms with van der Waals surface area (Å²) in [6.45, 7) is 3.26. The second-order valence-electron chi connectivity index (χ2n) is 7.58. The lowest BCUT2D eigenvalue weighted by atomic mass is 10.2. The fourth-order valence-corrected chi connectivity index (χ4v) is 5.63. The van der Waals surface area contributed by atoms with Crippen LogP contribution < -0.4 is 9.62 Å². The Morgan fingerprint density at radius 3 is 2.32 bits per heavy atom. The van der Waals surface area contributed by atoms with Crippen molar-refractivity contribution in [1.82, 2.24) is 10.2 Å². The number of sulfonamides is 1. The molecule has 0 spiro atoms. The molecule has 34 heavy (non-hydrogen) atoms. The summed E-state index contributed by atoms with van der Waals surface area (Å²) in [5.41, 5.74) is 2.90. The zero-order chi connectivity index (χ0) is 24.3. The smallest absolute Gasteiger partial charge is 0.264 e. The van der Waals surface area contributed by atoms with E-state index in [9.17, 15) is 13.2 Å². The molecule has 4 rings (SSSR count). The van der Waals surface area contributed by atoms with Gasteiger partial charge in [0.15, 0.2) is 0 Å². The molecule has 7 nitrogen and oxygen atoms in total. The standard InChI is InChI=1S/C24H21ClN4O3S2/c1-16-7-13-20(14-8-16)34(31,32)29(21-6-4-3-5-17(21)2)15-22(30)26-24-28-27-23(33-24)18-9-11-19(25)12-10-18/h3-14H,15H2,1-2H3,(H,26,28,30). The van der Waals surface area contributed by atoms with Gasteiger partial charge in [0.25, 0.3) is 10.0 Å². The maximum atomic E-state index is 13.5. The Labute approximate surface area is 207 Å². The molecule has 1 N–H and O–H groups in total. The number of anilines is 2. The van der Waals surface area contributed by atoms with Crippen molar-refractivity contribution in [3.05, 3.63) is 88.9 Å². The van der Waals surface area contributed by atoms with Gasteiger partial charge in [-0.25, -0.2) is 8.42 Å². The van der Waals surface area contributed by atoms with Crippen LogP contribution in [0.4, 0.5) is 10.8 Å². The third-order valence-corrected chi connectivity index (χ3v) is 7.96. The van der Waals surface area contributed by atoms with Gasteiger partial charge in [-0.1, -0.05) is 71.0 Å². The minimum absolute atomic E-state index is 0.107. The van der Waals surface area contributed by atoms with Gasteiger partial charge in [0.1, 0.15) is 11.6 Å². The highest BCUT2D eigenvalue weighted by Crippen LogP contribution is 2.29. The molecule has 0 saturated carbocycles. The summed E-state index contributed by atoms with van der Waals surface area (Å²) in [5, 5.41) is 12.3. The van der Waals surface area contributed by atoms with Crippen LogP contribution in [0.1, 0.15) is 11.1 Å². The van der Waals surface area contributed by atoms with Crippen molar-refractivity contribution < 1.29 is 13.2 Å². The topological polar surface area (TPSA) is 92.3 Å². The summed E-state index contributed by atoms with van der Waals surface area (Å²) in [6, 6.07) is 20.7. The zero-order valence-corrected chi connectivity index (χ0v) is 20.8. The number of carbonyl (C=O) groups excluding carboxylic acids is 1. The summed E-state index contributed by atoms with van der Waals surface area (Å²) in [6.07, 6.45) is 0. The molecule has 0 aliphatic heterocycles. The van der Waals surface area contributed by atoms with Gasteiger partial charge >= 0.3 is 0 Å². The average Bonchev–Trinajstić information content (AvgIpc) is 3.27. The number of para-hydroxylation sites is 1. The maximum absolute atomic E-state index is 13.5. The van der Waals surface area contributed by atoms with Crippen LogP contribution in [0.25, 0.3) is 10.6 Å². The third-order valence-electron chi connectivity index (χ3n) is 5.04. The average molecular weight is 513 g/mol. The SMILES string of the molecule is Cc1ccc(S(=O)(=O)N(CC(=O)Nc2nnc(-c3ccc(Cl)cc3)s2)c2ccccc2C)cc1. The second kappa shape index (κ2) is 9.92. The van der Waals surface area contributed by atoms with Crippen LogP contribution in [0.3, 0.4) is 0 Å². The van der Waals surface area contributed by atoms with Gasteiger partial charge in [-0.15, -0.1) is 10.2 Å². The van der Waals surface area contributed by atoms with Crippen molar-refractivity contribution >= 4 is 49.7 Å². The van der Waals surface area contributed by atoms with E-state index in [0.717, 1.165) is 21.0 Å². The molecule has 4 aromatic rings. The number of halogens is 1. The van der Waals surface area contributed by atoms with Crippen LogP contribution in [-0.4, -0.2) is 31.1 Å². The minimum atomic E-state index is -4.00. The first-order valence-corrected chi connectivity index (χ1v) is 12.9. The predicted octanol–water partition coefficient (Wildman–Crippen LogP) is 5.31. The number of aryl methyl sites for hydroxylation is 2. The molecule has 1 aromatic heterocycles. The van der Waals surface area contributed by atoms with E-state index >= 15 is 0 Å². The van der Waals surface area contributed by atoms with Crippen LogP contribution in [0, 0.1) is 13.8 Å². The number of benzene rings is 3. The van der Waals surface area contributed by atoms with Gasteiger partial charge in [0, 0.05) is 10.6 Å². The van der Waals surface area contributed by atoms with Gasteiger partial charge in [0.2, 0.25) is 11.0 Å². The first-order chi connectivity index (χ1) is 16.2. The number of carbonyl (C=O) groups is 1. The summed E-state index contributed by atoms with van der Waals surface area (Å²) < 4.78 is 28.1. The zero-order valence-electron chi connectivity index (χ0n) is 18.4. The molecule has 0 radical (unpaired) electrons. The molecule has 0 aliphatic carbocycles. The normalized spacial score (nSPS) is 11.3. The number of hydrogen-bond donors (Lipinski definition) is 1. The van der Waals surface area contributed by atoms with Crippen LogP contribution >= 0.6 is 22.9 Å². The Morgan fingerprint density at radius 2 is 1.65 bits per heavy atom. The fraction of sp³-hybridized carbons (Fsp3) is 0.125. The minimum Gasteiger partial charge on any atom is -0.299 e. The van der Waals surface area contributed by atoms with E-state index in [-0.39, 0.29) is 10.0 Å². The molecule has 3 aromatic carbocycles. The molecule has 1 heterocycles.